The van der Waals surface area contributed by atoms with Gasteiger partial charge in [0.15, 0.2) is 5.78 Å². The number of hydrogen-bond donors (Lipinski definition) is 1. The van der Waals surface area contributed by atoms with Gasteiger partial charge in [0.25, 0.3) is 5.78 Å². The quantitative estimate of drug-likeness (QED) is 0.398. The van der Waals surface area contributed by atoms with Gasteiger partial charge in [0.05, 0.1) is 6.54 Å². The molecular weight excluding hydrogens is 106 g/mol. The van der Waals surface area contributed by atoms with Gasteiger partial charge < -0.3 is 5.73 Å². The second kappa shape index (κ2) is 3.32. The smallest absolute Gasteiger partial charge is 0.297 e. The molecule has 0 aliphatic carbocycles. The van der Waals surface area contributed by atoms with Crippen LogP contribution in [0.3, 0.4) is 0 Å². The van der Waals surface area contributed by atoms with Gasteiger partial charge in [-0.15, -0.1) is 0 Å². The maximum atomic E-state index is 10.3. The van der Waals surface area contributed by atoms with Crippen molar-refractivity contribution in [3.63, 3.8) is 0 Å². The Morgan fingerprint density at radius 3 is 2.38 bits per heavy atom. The van der Waals surface area contributed by atoms with E-state index in [2.05, 4.69) is 0 Å². The molecule has 3 N–H and O–H groups in total. The Balaban J connectivity index is 3.40. The van der Waals surface area contributed by atoms with Crippen molar-refractivity contribution in [1.82, 2.24) is 0 Å². The summed E-state index contributed by atoms with van der Waals surface area (Å²) in [6.45, 7) is 1.49. The lowest BCUT2D eigenvalue weighted by molar-refractivity contribution is -0.116. The second-order valence-electron chi connectivity index (χ2n) is 1.65. The third kappa shape index (κ3) is 3.49. The monoisotopic (exact) mass is 116 g/mol. The number of nitrogens with two attached hydrogens (primary N) is 1. The molecule has 0 saturated carbocycles. The van der Waals surface area contributed by atoms with Gasteiger partial charge in [0.1, 0.15) is 6.42 Å². The maximum Gasteiger partial charge on any atom is 0.297 e. The topological polar surface area (TPSA) is 64.5 Å². The molecule has 46 valence electrons. The van der Waals surface area contributed by atoms with Crippen LogP contribution in [0.25, 0.3) is 0 Å². The van der Waals surface area contributed by atoms with Crippen LogP contribution in [0, 0.1) is 0 Å². The first-order chi connectivity index (χ1) is 3.66. The Kier molecular flexibility index (Phi) is 3.03. The maximum absolute atomic E-state index is 10.3. The average molecular weight is 116 g/mol. The van der Waals surface area contributed by atoms with Gasteiger partial charge in [-0.3, -0.25) is 9.59 Å². The van der Waals surface area contributed by atoms with Crippen molar-refractivity contribution in [2.24, 2.45) is 5.73 Å². The molecule has 0 saturated heterocycles. The van der Waals surface area contributed by atoms with Crippen LogP contribution >= 0.6 is 0 Å². The van der Waals surface area contributed by atoms with Crippen LogP contribution in [0.5, 0.6) is 0 Å². The van der Waals surface area contributed by atoms with Gasteiger partial charge in [-0.1, -0.05) is 0 Å². The molecule has 3 nitrogen and oxygen atoms in total. The molecule has 3 heteroatoms. The van der Waals surface area contributed by atoms with Crippen molar-refractivity contribution in [2.45, 2.75) is 13.3 Å². The summed E-state index contributed by atoms with van der Waals surface area (Å²) in [4.78, 5) is 18.8. The van der Waals surface area contributed by atoms with Crippen LogP contribution in [-0.4, -0.2) is 22.9 Å². The molecule has 0 aromatic carbocycles. The molecule has 8 heavy (non-hydrogen) atoms. The summed E-state index contributed by atoms with van der Waals surface area (Å²) in [6.07, 6.45) is 0.0938. The molecule has 0 rings (SSSR count). The van der Waals surface area contributed by atoms with E-state index in [9.17, 15) is 4.79 Å². The predicted molar refractivity (Wildman–Crippen MR) is 31.3 cm³/mol. The van der Waals surface area contributed by atoms with E-state index in [4.69, 9.17) is 10.5 Å². The fraction of sp³-hybridized carbons (Fsp3) is 0.600. The summed E-state index contributed by atoms with van der Waals surface area (Å²) in [5.74, 6) is -0.00884. The molecule has 0 fully saturated rings. The molecule has 0 amide bonds. The SMILES string of the molecule is CC(=[OH+])CC(=O)CN. The standard InChI is InChI=1S/C5H9NO2/c1-4(7)2-5(8)3-6/h2-3,6H2,1H3/p+1. The average Bonchev–Trinajstić information content (AvgIpc) is 1.65. The molecule has 0 aliphatic rings. The van der Waals surface area contributed by atoms with Gasteiger partial charge in [-0.05, 0) is 0 Å². The normalized spacial score (nSPS) is 8.75. The number of Topliss-reactive ketones (excluding diaryl/α,β-unsaturated/α-hetero) is 1. The van der Waals surface area contributed by atoms with E-state index >= 15 is 0 Å². The van der Waals surface area contributed by atoms with Gasteiger partial charge in [0, 0.05) is 6.92 Å². The Bertz CT molecular complexity index is 109. The van der Waals surface area contributed by atoms with E-state index in [-0.39, 0.29) is 24.5 Å². The highest BCUT2D eigenvalue weighted by atomic mass is 16.1. The number of ketones is 2. The molecule has 0 aromatic heterocycles. The van der Waals surface area contributed by atoms with Gasteiger partial charge in [-0.25, -0.2) is 0 Å². The number of carbonyl (C=O) groups excluding carboxylic acids is 2. The fourth-order valence-corrected chi connectivity index (χ4v) is 0.358. The highest BCUT2D eigenvalue weighted by Crippen LogP contribution is 1.80. The van der Waals surface area contributed by atoms with E-state index in [0.29, 0.717) is 0 Å². The first kappa shape index (κ1) is 7.30. The Morgan fingerprint density at radius 1 is 1.75 bits per heavy atom. The number of rotatable bonds is 3. The predicted octanol–water partition coefficient (Wildman–Crippen LogP) is -0.531. The van der Waals surface area contributed by atoms with Gasteiger partial charge in [0.2, 0.25) is 0 Å². The van der Waals surface area contributed by atoms with Crippen LogP contribution in [0.2, 0.25) is 0 Å². The molecule has 0 bridgehead atoms. The highest BCUT2D eigenvalue weighted by molar-refractivity contribution is 5.99. The van der Waals surface area contributed by atoms with Crippen molar-refractivity contribution in [3.8, 4) is 0 Å². The highest BCUT2D eigenvalue weighted by Gasteiger charge is 2.05. The third-order valence-electron chi connectivity index (χ3n) is 0.681. The fourth-order valence-electron chi connectivity index (χ4n) is 0.358. The molecule has 0 aromatic rings. The third-order valence-corrected chi connectivity index (χ3v) is 0.681. The molecular formula is C5H10NO2+. The summed E-state index contributed by atoms with van der Waals surface area (Å²) in [5, 5.41) is 0. The second-order valence-corrected chi connectivity index (χ2v) is 1.65. The zero-order chi connectivity index (χ0) is 6.57. The van der Waals surface area contributed by atoms with E-state index in [0.717, 1.165) is 0 Å². The lowest BCUT2D eigenvalue weighted by Gasteiger charge is -1.83. The summed E-state index contributed by atoms with van der Waals surface area (Å²) in [5.41, 5.74) is 4.95. The van der Waals surface area contributed by atoms with E-state index in [1.165, 1.54) is 6.92 Å². The first-order valence-corrected chi connectivity index (χ1v) is 2.40. The summed E-state index contributed by atoms with van der Waals surface area (Å²) < 4.78 is 0. The van der Waals surface area contributed by atoms with Crippen molar-refractivity contribution < 1.29 is 9.59 Å². The molecule has 0 atom stereocenters. The minimum absolute atomic E-state index is 0.0118. The Morgan fingerprint density at radius 2 is 2.25 bits per heavy atom. The van der Waals surface area contributed by atoms with Crippen molar-refractivity contribution in [3.05, 3.63) is 0 Å². The minimum atomic E-state index is -0.134. The molecule has 0 unspecified atom stereocenters. The van der Waals surface area contributed by atoms with E-state index in [1.54, 1.807) is 0 Å². The summed E-state index contributed by atoms with van der Waals surface area (Å²) >= 11 is 0. The van der Waals surface area contributed by atoms with E-state index < -0.39 is 0 Å². The largest absolute Gasteiger partial charge is 0.324 e. The molecule has 0 heterocycles. The Labute approximate surface area is 47.9 Å². The summed E-state index contributed by atoms with van der Waals surface area (Å²) in [7, 11) is 0. The molecule has 0 aliphatic heterocycles. The van der Waals surface area contributed by atoms with Gasteiger partial charge in [-0.2, -0.15) is 0 Å². The van der Waals surface area contributed by atoms with Crippen molar-refractivity contribution >= 4 is 11.6 Å². The molecule has 0 spiro atoms. The molecule has 0 radical (unpaired) electrons. The zero-order valence-electron chi connectivity index (χ0n) is 4.85. The number of carbonyl (C=O) groups is 1. The van der Waals surface area contributed by atoms with Crippen molar-refractivity contribution in [2.75, 3.05) is 6.54 Å². The van der Waals surface area contributed by atoms with Crippen LogP contribution in [0.15, 0.2) is 0 Å². The van der Waals surface area contributed by atoms with Crippen LogP contribution < -0.4 is 5.73 Å². The lowest BCUT2D eigenvalue weighted by atomic mass is 10.2. The van der Waals surface area contributed by atoms with Crippen LogP contribution in [0.1, 0.15) is 13.3 Å². The van der Waals surface area contributed by atoms with Crippen LogP contribution in [-0.2, 0) is 4.79 Å². The number of hydrogen-bond acceptors (Lipinski definition) is 2. The van der Waals surface area contributed by atoms with Gasteiger partial charge >= 0.3 is 0 Å². The summed E-state index contributed by atoms with van der Waals surface area (Å²) in [6, 6.07) is 0. The van der Waals surface area contributed by atoms with Crippen molar-refractivity contribution in [1.29, 1.82) is 0 Å². The minimum Gasteiger partial charge on any atom is -0.324 e. The lowest BCUT2D eigenvalue weighted by Crippen LogP contribution is -2.15. The first-order valence-electron chi connectivity index (χ1n) is 2.40. The van der Waals surface area contributed by atoms with Crippen LogP contribution in [0.4, 0.5) is 0 Å². The Hall–Kier alpha value is -0.700. The van der Waals surface area contributed by atoms with E-state index in [1.807, 2.05) is 0 Å². The zero-order valence-corrected chi connectivity index (χ0v) is 4.85.